The molecule has 0 saturated carbocycles. The van der Waals surface area contributed by atoms with Crippen LogP contribution >= 0.6 is 0 Å². The summed E-state index contributed by atoms with van der Waals surface area (Å²) in [6, 6.07) is 18.0. The number of carbonyl (C=O) groups is 1. The molecule has 2 aromatic carbocycles. The van der Waals surface area contributed by atoms with Crippen molar-refractivity contribution in [2.24, 2.45) is 0 Å². The molecule has 0 aliphatic carbocycles. The molecule has 0 amide bonds. The van der Waals surface area contributed by atoms with Crippen LogP contribution in [0.25, 0.3) is 11.1 Å². The fourth-order valence-electron chi connectivity index (χ4n) is 3.04. The summed E-state index contributed by atoms with van der Waals surface area (Å²) in [5.74, 6) is -0.299. The van der Waals surface area contributed by atoms with E-state index < -0.39 is 5.97 Å². The number of aromatic nitrogens is 2. The lowest BCUT2D eigenvalue weighted by molar-refractivity contribution is 0.0690. The second kappa shape index (κ2) is 8.62. The van der Waals surface area contributed by atoms with Gasteiger partial charge in [-0.1, -0.05) is 30.3 Å². The van der Waals surface area contributed by atoms with Gasteiger partial charge in [-0.3, -0.25) is 0 Å². The lowest BCUT2D eigenvalue weighted by Gasteiger charge is -2.16. The quantitative estimate of drug-likeness (QED) is 0.398. The normalized spacial score (nSPS) is 11.9. The Bertz CT molecular complexity index is 1160. The van der Waals surface area contributed by atoms with E-state index in [9.17, 15) is 9.90 Å². The van der Waals surface area contributed by atoms with Crippen LogP contribution in [0.15, 0.2) is 71.3 Å². The number of hydrogen-bond donors (Lipinski definition) is 3. The molecule has 1 atom stereocenters. The average molecular weight is 405 g/mol. The Hall–Kier alpha value is -3.91. The number of pyridine rings is 1. The molecule has 0 aliphatic heterocycles. The zero-order valence-electron chi connectivity index (χ0n) is 15.9. The van der Waals surface area contributed by atoms with E-state index in [0.29, 0.717) is 35.0 Å². The molecule has 0 radical (unpaired) electrons. The number of anilines is 1. The molecule has 4 aromatic rings. The molecule has 0 aliphatic rings. The number of aromatic carboxylic acids is 1. The van der Waals surface area contributed by atoms with Crippen LogP contribution in [0.3, 0.4) is 0 Å². The number of oxazole rings is 1. The van der Waals surface area contributed by atoms with Crippen molar-refractivity contribution in [3.63, 3.8) is 0 Å². The minimum Gasteiger partial charge on any atom is -0.477 e. The van der Waals surface area contributed by atoms with Gasteiger partial charge in [0.25, 0.3) is 6.01 Å². The predicted octanol–water partition coefficient (Wildman–Crippen LogP) is 4.25. The van der Waals surface area contributed by atoms with E-state index in [1.807, 2.05) is 30.3 Å². The molecule has 0 saturated heterocycles. The fraction of sp³-hybridized carbons (Fsp3) is 0.136. The van der Waals surface area contributed by atoms with Gasteiger partial charge in [-0.2, -0.15) is 4.98 Å². The first-order valence-corrected chi connectivity index (χ1v) is 9.32. The monoisotopic (exact) mass is 405 g/mol. The van der Waals surface area contributed by atoms with Gasteiger partial charge in [-0.05, 0) is 30.2 Å². The summed E-state index contributed by atoms with van der Waals surface area (Å²) in [6.07, 6.45) is 1.88. The Kier molecular flexibility index (Phi) is 5.58. The van der Waals surface area contributed by atoms with Gasteiger partial charge in [-0.25, -0.2) is 9.78 Å². The van der Waals surface area contributed by atoms with Gasteiger partial charge in [0.1, 0.15) is 17.0 Å². The Morgan fingerprint density at radius 3 is 2.67 bits per heavy atom. The molecule has 3 N–H and O–H groups in total. The first kappa shape index (κ1) is 19.4. The molecular formula is C22H19N3O5. The summed E-state index contributed by atoms with van der Waals surface area (Å²) in [6.45, 7) is 0.0229. The molecule has 0 bridgehead atoms. The van der Waals surface area contributed by atoms with Crippen LogP contribution in [0, 0.1) is 0 Å². The van der Waals surface area contributed by atoms with Gasteiger partial charge >= 0.3 is 5.97 Å². The first-order valence-electron chi connectivity index (χ1n) is 9.32. The number of ether oxygens (including phenoxy) is 1. The second-order valence-corrected chi connectivity index (χ2v) is 6.55. The molecular weight excluding hydrogens is 386 g/mol. The average Bonchev–Trinajstić information content (AvgIpc) is 3.16. The lowest BCUT2D eigenvalue weighted by atomic mass is 10.0. The molecule has 8 heteroatoms. The molecule has 152 valence electrons. The number of nitrogens with one attached hydrogen (secondary N) is 1. The van der Waals surface area contributed by atoms with Crippen molar-refractivity contribution in [2.45, 2.75) is 12.5 Å². The largest absolute Gasteiger partial charge is 0.477 e. The van der Waals surface area contributed by atoms with Gasteiger partial charge in [0, 0.05) is 24.9 Å². The van der Waals surface area contributed by atoms with Crippen LogP contribution in [0.4, 0.5) is 6.01 Å². The Labute approximate surface area is 171 Å². The molecule has 8 nitrogen and oxygen atoms in total. The van der Waals surface area contributed by atoms with Crippen LogP contribution in [0.5, 0.6) is 11.5 Å². The van der Waals surface area contributed by atoms with Gasteiger partial charge in [0.2, 0.25) is 0 Å². The summed E-state index contributed by atoms with van der Waals surface area (Å²) in [5.41, 5.74) is 2.07. The summed E-state index contributed by atoms with van der Waals surface area (Å²) in [4.78, 5) is 19.3. The van der Waals surface area contributed by atoms with Crippen molar-refractivity contribution >= 4 is 23.1 Å². The number of rotatable bonds is 8. The van der Waals surface area contributed by atoms with Crippen LogP contribution in [0.1, 0.15) is 28.5 Å². The number of carboxylic acids is 1. The van der Waals surface area contributed by atoms with Gasteiger partial charge < -0.3 is 24.7 Å². The number of fused-ring (bicyclic) bond motifs is 1. The third kappa shape index (κ3) is 4.39. The van der Waals surface area contributed by atoms with Crippen LogP contribution < -0.4 is 10.1 Å². The number of aliphatic hydroxyl groups excluding tert-OH is 1. The highest BCUT2D eigenvalue weighted by Gasteiger charge is 2.15. The van der Waals surface area contributed by atoms with Gasteiger partial charge in [-0.15, -0.1) is 0 Å². The third-order valence-corrected chi connectivity index (χ3v) is 4.46. The van der Waals surface area contributed by atoms with Crippen molar-refractivity contribution in [2.75, 3.05) is 11.9 Å². The molecule has 30 heavy (non-hydrogen) atoms. The Morgan fingerprint density at radius 2 is 1.90 bits per heavy atom. The standard InChI is InChI=1S/C22H19N3O5/c26-11-9-17(14-4-2-1-3-5-14)24-22-25-18-7-6-15(13-20(18)30-22)29-16-8-10-23-19(12-16)21(27)28/h1-8,10,12-13,17,26H,9,11H2,(H,24,25)(H,27,28)/t17-/m1/s1. The van der Waals surface area contributed by atoms with Crippen molar-refractivity contribution in [1.82, 2.24) is 9.97 Å². The number of nitrogens with zero attached hydrogens (tertiary/aromatic N) is 2. The van der Waals surface area contributed by atoms with Gasteiger partial charge in [0.05, 0.1) is 6.04 Å². The first-order chi connectivity index (χ1) is 14.6. The lowest BCUT2D eigenvalue weighted by Crippen LogP contribution is -2.12. The number of hydrogen-bond acceptors (Lipinski definition) is 7. The highest BCUT2D eigenvalue weighted by molar-refractivity contribution is 5.85. The maximum absolute atomic E-state index is 11.1. The predicted molar refractivity (Wildman–Crippen MR) is 110 cm³/mol. The smallest absolute Gasteiger partial charge is 0.354 e. The summed E-state index contributed by atoms with van der Waals surface area (Å²) >= 11 is 0. The number of carboxylic acid groups (broad SMARTS) is 1. The summed E-state index contributed by atoms with van der Waals surface area (Å²) < 4.78 is 11.5. The van der Waals surface area contributed by atoms with Crippen molar-refractivity contribution in [3.05, 3.63) is 78.1 Å². The van der Waals surface area contributed by atoms with E-state index in [0.717, 1.165) is 5.56 Å². The summed E-state index contributed by atoms with van der Waals surface area (Å²) in [5, 5.41) is 21.7. The van der Waals surface area contributed by atoms with Crippen molar-refractivity contribution in [1.29, 1.82) is 0 Å². The summed E-state index contributed by atoms with van der Waals surface area (Å²) in [7, 11) is 0. The minimum absolute atomic E-state index is 0.0229. The zero-order valence-corrected chi connectivity index (χ0v) is 15.9. The molecule has 0 spiro atoms. The van der Waals surface area contributed by atoms with E-state index in [1.165, 1.54) is 12.3 Å². The highest BCUT2D eigenvalue weighted by Crippen LogP contribution is 2.29. The molecule has 0 unspecified atom stereocenters. The van der Waals surface area contributed by atoms with E-state index in [-0.39, 0.29) is 18.3 Å². The van der Waals surface area contributed by atoms with E-state index >= 15 is 0 Å². The molecule has 2 heterocycles. The van der Waals surface area contributed by atoms with Crippen molar-refractivity contribution in [3.8, 4) is 11.5 Å². The van der Waals surface area contributed by atoms with E-state index in [1.54, 1.807) is 24.3 Å². The molecule has 0 fully saturated rings. The number of benzene rings is 2. The number of aliphatic hydroxyl groups is 1. The van der Waals surface area contributed by atoms with Crippen molar-refractivity contribution < 1.29 is 24.2 Å². The highest BCUT2D eigenvalue weighted by atomic mass is 16.5. The molecule has 2 aromatic heterocycles. The minimum atomic E-state index is -1.13. The maximum atomic E-state index is 11.1. The third-order valence-electron chi connectivity index (χ3n) is 4.46. The van der Waals surface area contributed by atoms with Crippen LogP contribution in [-0.2, 0) is 0 Å². The van der Waals surface area contributed by atoms with Crippen LogP contribution in [-0.4, -0.2) is 32.8 Å². The zero-order chi connectivity index (χ0) is 20.9. The van der Waals surface area contributed by atoms with E-state index in [4.69, 9.17) is 14.3 Å². The second-order valence-electron chi connectivity index (χ2n) is 6.55. The Balaban J connectivity index is 1.55. The molecule has 4 rings (SSSR count). The topological polar surface area (TPSA) is 118 Å². The fourth-order valence-corrected chi connectivity index (χ4v) is 3.04. The SMILES string of the molecule is O=C(O)c1cc(Oc2ccc3nc(N[C@H](CCO)c4ccccc4)oc3c2)ccn1. The maximum Gasteiger partial charge on any atom is 0.354 e. The Morgan fingerprint density at radius 1 is 1.10 bits per heavy atom. The van der Waals surface area contributed by atoms with Crippen LogP contribution in [0.2, 0.25) is 0 Å². The van der Waals surface area contributed by atoms with Gasteiger partial charge in [0.15, 0.2) is 11.3 Å². The van der Waals surface area contributed by atoms with E-state index in [2.05, 4.69) is 15.3 Å².